The van der Waals surface area contributed by atoms with Crippen LogP contribution in [-0.2, 0) is 22.8 Å². The van der Waals surface area contributed by atoms with E-state index in [1.54, 1.807) is 13.2 Å². The molecule has 1 rings (SSSR count). The van der Waals surface area contributed by atoms with Crippen molar-refractivity contribution < 1.29 is 27.5 Å². The van der Waals surface area contributed by atoms with Gasteiger partial charge in [0, 0.05) is 31.9 Å². The van der Waals surface area contributed by atoms with Crippen LogP contribution in [0.4, 0.5) is 0 Å². The molecule has 0 fully saturated rings. The number of rotatable bonds is 13. The topological polar surface area (TPSA) is 63.2 Å². The molecule has 146 valence electrons. The number of carbonyl (C=O) groups excluding carboxylic acids is 1. The van der Waals surface area contributed by atoms with Gasteiger partial charge in [-0.2, -0.15) is 0 Å². The summed E-state index contributed by atoms with van der Waals surface area (Å²) < 4.78 is 27.7. The summed E-state index contributed by atoms with van der Waals surface area (Å²) in [5.41, 5.74) is 0.901. The van der Waals surface area contributed by atoms with Crippen LogP contribution in [-0.4, -0.2) is 48.3 Å². The van der Waals surface area contributed by atoms with Gasteiger partial charge in [-0.3, -0.25) is 0 Å². The number of hydrogen-bond donors (Lipinski definition) is 0. The molecule has 0 atom stereocenters. The molecule has 0 heterocycles. The molecule has 0 N–H and O–H groups in total. The number of methoxy groups -OCH3 is 1. The van der Waals surface area contributed by atoms with Crippen molar-refractivity contribution in [2.24, 2.45) is 0 Å². The highest BCUT2D eigenvalue weighted by Crippen LogP contribution is 2.18. The fourth-order valence-electron chi connectivity index (χ4n) is 2.39. The molecule has 0 aliphatic heterocycles. The molecule has 0 saturated carbocycles. The number of ether oxygens (including phenoxy) is 2. The Hall–Kier alpha value is -1.67. The van der Waals surface area contributed by atoms with E-state index in [0.29, 0.717) is 38.9 Å². The van der Waals surface area contributed by atoms with E-state index in [1.165, 1.54) is 6.08 Å². The van der Waals surface area contributed by atoms with Crippen LogP contribution in [0.3, 0.4) is 0 Å². The van der Waals surface area contributed by atoms with Crippen LogP contribution in [0.2, 0.25) is 6.04 Å². The molecule has 0 aliphatic rings. The lowest BCUT2D eigenvalue weighted by molar-refractivity contribution is -0.137. The largest absolute Gasteiger partial charge is 0.501 e. The van der Waals surface area contributed by atoms with Gasteiger partial charge >= 0.3 is 14.8 Å². The number of carbonyl (C=O) groups is 1. The van der Waals surface area contributed by atoms with E-state index >= 15 is 0 Å². The molecule has 0 spiro atoms. The fraction of sp³-hybridized carbons (Fsp3) is 0.526. The van der Waals surface area contributed by atoms with E-state index < -0.39 is 8.80 Å². The first-order valence-electron chi connectivity index (χ1n) is 8.99. The Bertz CT molecular complexity index is 526. The smallest absolute Gasteiger partial charge is 0.497 e. The van der Waals surface area contributed by atoms with Crippen LogP contribution in [0.15, 0.2) is 30.3 Å². The van der Waals surface area contributed by atoms with Crippen molar-refractivity contribution in [2.75, 3.05) is 33.5 Å². The van der Waals surface area contributed by atoms with Crippen molar-refractivity contribution in [3.05, 3.63) is 35.9 Å². The Morgan fingerprint density at radius 1 is 1.00 bits per heavy atom. The molecule has 0 bridgehead atoms. The Kier molecular flexibility index (Phi) is 10.9. The van der Waals surface area contributed by atoms with Gasteiger partial charge < -0.3 is 22.8 Å². The van der Waals surface area contributed by atoms with E-state index in [1.807, 2.05) is 45.0 Å². The third kappa shape index (κ3) is 8.14. The average molecular weight is 383 g/mol. The molecule has 0 amide bonds. The van der Waals surface area contributed by atoms with Crippen LogP contribution in [0.5, 0.6) is 5.75 Å². The first-order chi connectivity index (χ1) is 12.6. The van der Waals surface area contributed by atoms with Gasteiger partial charge in [0.25, 0.3) is 0 Å². The second-order valence-electron chi connectivity index (χ2n) is 5.36. The van der Waals surface area contributed by atoms with E-state index in [9.17, 15) is 4.79 Å². The van der Waals surface area contributed by atoms with E-state index in [-0.39, 0.29) is 5.97 Å². The molecule has 0 unspecified atom stereocenters. The molecule has 1 aromatic carbocycles. The summed E-state index contributed by atoms with van der Waals surface area (Å²) in [6.45, 7) is 7.68. The van der Waals surface area contributed by atoms with Crippen molar-refractivity contribution >= 4 is 20.8 Å². The van der Waals surface area contributed by atoms with Gasteiger partial charge in [0.15, 0.2) is 0 Å². The van der Waals surface area contributed by atoms with E-state index in [0.717, 1.165) is 11.3 Å². The summed E-state index contributed by atoms with van der Waals surface area (Å²) in [6, 6.07) is 8.04. The van der Waals surface area contributed by atoms with Gasteiger partial charge in [-0.05, 0) is 51.0 Å². The van der Waals surface area contributed by atoms with E-state index in [4.69, 9.17) is 22.8 Å². The number of esters is 1. The molecular formula is C19H30O6Si. The van der Waals surface area contributed by atoms with Gasteiger partial charge in [-0.25, -0.2) is 4.79 Å². The maximum atomic E-state index is 11.8. The third-order valence-corrected chi connectivity index (χ3v) is 6.64. The minimum absolute atomic E-state index is 0.299. The predicted octanol–water partition coefficient (Wildman–Crippen LogP) is 3.69. The molecule has 26 heavy (non-hydrogen) atoms. The highest BCUT2D eigenvalue weighted by atomic mass is 28.4. The molecule has 0 aromatic heterocycles. The lowest BCUT2D eigenvalue weighted by Gasteiger charge is -2.28. The van der Waals surface area contributed by atoms with Gasteiger partial charge in [0.05, 0.1) is 13.7 Å². The minimum atomic E-state index is -2.67. The lowest BCUT2D eigenvalue weighted by Crippen LogP contribution is -2.46. The van der Waals surface area contributed by atoms with Gasteiger partial charge in [-0.1, -0.05) is 12.1 Å². The zero-order valence-corrected chi connectivity index (χ0v) is 17.2. The first-order valence-corrected chi connectivity index (χ1v) is 10.9. The second kappa shape index (κ2) is 12.6. The Balaban J connectivity index is 2.42. The normalized spacial score (nSPS) is 11.7. The van der Waals surface area contributed by atoms with Crippen LogP contribution in [0.1, 0.15) is 32.8 Å². The second-order valence-corrected chi connectivity index (χ2v) is 8.09. The Morgan fingerprint density at radius 2 is 1.58 bits per heavy atom. The molecule has 0 saturated heterocycles. The minimum Gasteiger partial charge on any atom is -0.497 e. The monoisotopic (exact) mass is 382 g/mol. The van der Waals surface area contributed by atoms with Crippen LogP contribution < -0.4 is 4.74 Å². The molecule has 1 aromatic rings. The zero-order chi connectivity index (χ0) is 19.3. The van der Waals surface area contributed by atoms with Gasteiger partial charge in [0.1, 0.15) is 5.75 Å². The van der Waals surface area contributed by atoms with Crippen molar-refractivity contribution in [2.45, 2.75) is 33.2 Å². The zero-order valence-electron chi connectivity index (χ0n) is 16.2. The quantitative estimate of drug-likeness (QED) is 0.224. The van der Waals surface area contributed by atoms with Crippen molar-refractivity contribution in [3.63, 3.8) is 0 Å². The highest BCUT2D eigenvalue weighted by Gasteiger charge is 2.39. The number of benzene rings is 1. The van der Waals surface area contributed by atoms with Crippen molar-refractivity contribution in [3.8, 4) is 5.75 Å². The summed E-state index contributed by atoms with van der Waals surface area (Å²) in [5, 5.41) is 0. The lowest BCUT2D eigenvalue weighted by atomic mass is 10.2. The summed E-state index contributed by atoms with van der Waals surface area (Å²) in [4.78, 5) is 11.8. The number of hydrogen-bond acceptors (Lipinski definition) is 6. The predicted molar refractivity (Wildman–Crippen MR) is 103 cm³/mol. The highest BCUT2D eigenvalue weighted by molar-refractivity contribution is 6.60. The maximum Gasteiger partial charge on any atom is 0.501 e. The fourth-order valence-corrected chi connectivity index (χ4v) is 4.97. The molecule has 0 radical (unpaired) electrons. The van der Waals surface area contributed by atoms with Crippen molar-refractivity contribution in [1.29, 1.82) is 0 Å². The maximum absolute atomic E-state index is 11.8. The van der Waals surface area contributed by atoms with Crippen LogP contribution >= 0.6 is 0 Å². The molecule has 0 aliphatic carbocycles. The Morgan fingerprint density at radius 3 is 2.08 bits per heavy atom. The molecule has 6 nitrogen and oxygen atoms in total. The summed E-state index contributed by atoms with van der Waals surface area (Å²) in [6.07, 6.45) is 3.76. The standard InChI is InChI=1S/C19H30O6Si/c1-5-23-26(24-6-2,25-7-3)16-8-15-22-19(20)14-11-17-9-12-18(21-4)13-10-17/h9-14H,5-8,15-16H2,1-4H3/b14-11+. The van der Waals surface area contributed by atoms with Crippen LogP contribution in [0.25, 0.3) is 6.08 Å². The van der Waals surface area contributed by atoms with Gasteiger partial charge in [-0.15, -0.1) is 0 Å². The Labute approximate surface area is 157 Å². The summed E-state index contributed by atoms with van der Waals surface area (Å²) >= 11 is 0. The van der Waals surface area contributed by atoms with Crippen LogP contribution in [0, 0.1) is 0 Å². The average Bonchev–Trinajstić information content (AvgIpc) is 2.65. The molecule has 7 heteroatoms. The SMILES string of the molecule is CCO[Si](CCCOC(=O)/C=C/c1ccc(OC)cc1)(OCC)OCC. The van der Waals surface area contributed by atoms with E-state index in [2.05, 4.69) is 0 Å². The first kappa shape index (κ1) is 22.4. The molecular weight excluding hydrogens is 352 g/mol. The van der Waals surface area contributed by atoms with Crippen molar-refractivity contribution in [1.82, 2.24) is 0 Å². The summed E-state index contributed by atoms with van der Waals surface area (Å²) in [5.74, 6) is 0.396. The third-order valence-electron chi connectivity index (χ3n) is 3.49. The van der Waals surface area contributed by atoms with Gasteiger partial charge in [0.2, 0.25) is 0 Å². The summed E-state index contributed by atoms with van der Waals surface area (Å²) in [7, 11) is -1.06.